The Bertz CT molecular complexity index is 328. The number of ether oxygens (including phenoxy) is 1. The van der Waals surface area contributed by atoms with Gasteiger partial charge in [0, 0.05) is 0 Å². The van der Waals surface area contributed by atoms with E-state index in [-0.39, 0.29) is 11.7 Å². The van der Waals surface area contributed by atoms with E-state index < -0.39 is 5.97 Å². The van der Waals surface area contributed by atoms with Gasteiger partial charge in [0.15, 0.2) is 0 Å². The van der Waals surface area contributed by atoms with Crippen LogP contribution in [0.15, 0.2) is 30.9 Å². The summed E-state index contributed by atoms with van der Waals surface area (Å²) < 4.78 is 4.67. The molecule has 1 rings (SSSR count). The Hall–Kier alpha value is -1.99. The first kappa shape index (κ1) is 10.1. The highest BCUT2D eigenvalue weighted by atomic mass is 16.5. The van der Waals surface area contributed by atoms with Crippen LogP contribution in [-0.2, 0) is 9.53 Å². The molecule has 0 atom stereocenters. The number of guanidine groups is 1. The number of hydrogen-bond donors (Lipinski definition) is 0. The third-order valence-electron chi connectivity index (χ3n) is 1.17. The van der Waals surface area contributed by atoms with E-state index in [9.17, 15) is 4.79 Å². The number of rotatable bonds is 3. The van der Waals surface area contributed by atoms with Gasteiger partial charge in [0.25, 0.3) is 0 Å². The molecule has 0 aliphatic carbocycles. The maximum Gasteiger partial charge on any atom is 0.354 e. The van der Waals surface area contributed by atoms with E-state index in [1.807, 2.05) is 0 Å². The summed E-state index contributed by atoms with van der Waals surface area (Å²) in [4.78, 5) is 11.0. The summed E-state index contributed by atoms with van der Waals surface area (Å²) in [6.07, 6.45) is 0. The van der Waals surface area contributed by atoms with E-state index in [4.69, 9.17) is 0 Å². The Balaban J connectivity index is 2.60. The Labute approximate surface area is 79.5 Å². The predicted octanol–water partition coefficient (Wildman–Crippen LogP) is 1.11. The molecule has 0 N–H and O–H groups in total. The van der Waals surface area contributed by atoms with Crippen LogP contribution in [0.1, 0.15) is 13.8 Å². The highest BCUT2D eigenvalue weighted by Crippen LogP contribution is 1.98. The van der Waals surface area contributed by atoms with Crippen molar-refractivity contribution in [1.82, 2.24) is 0 Å². The van der Waals surface area contributed by atoms with Gasteiger partial charge in [0.2, 0.25) is 0 Å². The van der Waals surface area contributed by atoms with Crippen molar-refractivity contribution in [1.29, 1.82) is 0 Å². The van der Waals surface area contributed by atoms with Crippen molar-refractivity contribution in [2.24, 2.45) is 30.9 Å². The van der Waals surface area contributed by atoms with Gasteiger partial charge in [-0.25, -0.2) is 4.79 Å². The minimum atomic E-state index is -0.524. The Morgan fingerprint density at radius 2 is 2.07 bits per heavy atom. The standard InChI is InChI=1S/C6H8N6O2/c1-3-14-5(13)4(2)7-8-6-9-11-12-10-6/h3H2,1-2H3/b7-4+. The van der Waals surface area contributed by atoms with Gasteiger partial charge in [0.05, 0.1) is 6.61 Å². The van der Waals surface area contributed by atoms with Crippen LogP contribution in [0.25, 0.3) is 0 Å². The monoisotopic (exact) mass is 196 g/mol. The largest absolute Gasteiger partial charge is 0.461 e. The number of carbonyl (C=O) groups excluding carboxylic acids is 1. The number of hydrogen-bond acceptors (Lipinski definition) is 6. The van der Waals surface area contributed by atoms with Gasteiger partial charge in [-0.1, -0.05) is 10.2 Å². The SMILES string of the molecule is CCOC(=O)/C(C)=N/N=C1N=NN=N1. The lowest BCUT2D eigenvalue weighted by molar-refractivity contribution is -0.135. The third-order valence-corrected chi connectivity index (χ3v) is 1.17. The summed E-state index contributed by atoms with van der Waals surface area (Å²) in [5.74, 6) is -0.516. The summed E-state index contributed by atoms with van der Waals surface area (Å²) in [7, 11) is 0. The van der Waals surface area contributed by atoms with Crippen LogP contribution >= 0.6 is 0 Å². The molecule has 0 amide bonds. The molecule has 0 radical (unpaired) electrons. The molecule has 8 heteroatoms. The van der Waals surface area contributed by atoms with Crippen LogP contribution in [-0.4, -0.2) is 24.2 Å². The van der Waals surface area contributed by atoms with Crippen LogP contribution in [0.4, 0.5) is 0 Å². The molecule has 1 aliphatic rings. The quantitative estimate of drug-likeness (QED) is 0.383. The molecule has 0 bridgehead atoms. The second kappa shape index (κ2) is 4.90. The minimum Gasteiger partial charge on any atom is -0.461 e. The molecule has 0 aromatic heterocycles. The first-order chi connectivity index (χ1) is 6.74. The number of esters is 1. The Morgan fingerprint density at radius 1 is 1.43 bits per heavy atom. The van der Waals surface area contributed by atoms with E-state index in [0.717, 1.165) is 0 Å². The summed E-state index contributed by atoms with van der Waals surface area (Å²) in [6.45, 7) is 3.48. The van der Waals surface area contributed by atoms with Crippen molar-refractivity contribution < 1.29 is 9.53 Å². The third kappa shape index (κ3) is 2.81. The summed E-state index contributed by atoms with van der Waals surface area (Å²) in [5, 5.41) is 20.2. The van der Waals surface area contributed by atoms with Crippen LogP contribution < -0.4 is 0 Å². The second-order valence-electron chi connectivity index (χ2n) is 2.18. The normalized spacial score (nSPS) is 14.7. The van der Waals surface area contributed by atoms with Crippen molar-refractivity contribution >= 4 is 17.6 Å². The molecule has 0 fully saturated rings. The van der Waals surface area contributed by atoms with Crippen LogP contribution in [0.3, 0.4) is 0 Å². The molecule has 0 saturated carbocycles. The van der Waals surface area contributed by atoms with E-state index >= 15 is 0 Å². The second-order valence-corrected chi connectivity index (χ2v) is 2.18. The average Bonchev–Trinajstić information content (AvgIpc) is 2.67. The Morgan fingerprint density at radius 3 is 2.64 bits per heavy atom. The maximum atomic E-state index is 11.0. The zero-order chi connectivity index (χ0) is 10.4. The van der Waals surface area contributed by atoms with Crippen molar-refractivity contribution in [2.45, 2.75) is 13.8 Å². The van der Waals surface area contributed by atoms with Gasteiger partial charge in [-0.05, 0) is 24.3 Å². The first-order valence-corrected chi connectivity index (χ1v) is 3.85. The number of carbonyl (C=O) groups is 1. The molecule has 74 valence electrons. The molecule has 1 heterocycles. The zero-order valence-electron chi connectivity index (χ0n) is 7.71. The fourth-order valence-electron chi connectivity index (χ4n) is 0.576. The lowest BCUT2D eigenvalue weighted by Gasteiger charge is -1.97. The molecule has 8 nitrogen and oxygen atoms in total. The molecular formula is C6H8N6O2. The van der Waals surface area contributed by atoms with Crippen molar-refractivity contribution in [2.75, 3.05) is 6.61 Å². The van der Waals surface area contributed by atoms with E-state index in [1.54, 1.807) is 6.92 Å². The van der Waals surface area contributed by atoms with Crippen LogP contribution in [0.5, 0.6) is 0 Å². The van der Waals surface area contributed by atoms with Gasteiger partial charge in [-0.3, -0.25) is 0 Å². The fraction of sp³-hybridized carbons (Fsp3) is 0.500. The molecule has 0 aromatic carbocycles. The summed E-state index contributed by atoms with van der Waals surface area (Å²) >= 11 is 0. The minimum absolute atomic E-state index is 0.00801. The zero-order valence-corrected chi connectivity index (χ0v) is 7.71. The smallest absolute Gasteiger partial charge is 0.354 e. The van der Waals surface area contributed by atoms with Gasteiger partial charge in [-0.15, -0.1) is 10.2 Å². The highest BCUT2D eigenvalue weighted by Gasteiger charge is 2.06. The van der Waals surface area contributed by atoms with Gasteiger partial charge in [0.1, 0.15) is 5.71 Å². The van der Waals surface area contributed by atoms with Crippen molar-refractivity contribution in [3.8, 4) is 0 Å². The number of nitrogens with zero attached hydrogens (tertiary/aromatic N) is 6. The van der Waals surface area contributed by atoms with E-state index in [1.165, 1.54) is 6.92 Å². The summed E-state index contributed by atoms with van der Waals surface area (Å²) in [6, 6.07) is 0. The Kier molecular flexibility index (Phi) is 3.53. The van der Waals surface area contributed by atoms with E-state index in [2.05, 4.69) is 35.6 Å². The molecule has 0 unspecified atom stereocenters. The average molecular weight is 196 g/mol. The lowest BCUT2D eigenvalue weighted by Crippen LogP contribution is -2.13. The van der Waals surface area contributed by atoms with Gasteiger partial charge in [-0.2, -0.15) is 0 Å². The topological polar surface area (TPSA) is 100 Å². The van der Waals surface area contributed by atoms with Gasteiger partial charge < -0.3 is 4.74 Å². The molecule has 14 heavy (non-hydrogen) atoms. The van der Waals surface area contributed by atoms with Crippen molar-refractivity contribution in [3.05, 3.63) is 0 Å². The fourth-order valence-corrected chi connectivity index (χ4v) is 0.576. The van der Waals surface area contributed by atoms with Crippen molar-refractivity contribution in [3.63, 3.8) is 0 Å². The summed E-state index contributed by atoms with van der Waals surface area (Å²) in [5.41, 5.74) is 0.122. The highest BCUT2D eigenvalue weighted by molar-refractivity contribution is 6.35. The van der Waals surface area contributed by atoms with Crippen LogP contribution in [0.2, 0.25) is 0 Å². The molecule has 1 aliphatic heterocycles. The van der Waals surface area contributed by atoms with Gasteiger partial charge >= 0.3 is 11.9 Å². The first-order valence-electron chi connectivity index (χ1n) is 3.85. The lowest BCUT2D eigenvalue weighted by atomic mass is 10.4. The molecule has 0 saturated heterocycles. The maximum absolute atomic E-state index is 11.0. The molecular weight excluding hydrogens is 188 g/mol. The van der Waals surface area contributed by atoms with E-state index in [0.29, 0.717) is 6.61 Å². The molecule has 0 aromatic rings. The molecule has 0 spiro atoms. The van der Waals surface area contributed by atoms with Crippen LogP contribution in [0, 0.1) is 0 Å². The predicted molar refractivity (Wildman–Crippen MR) is 46.9 cm³/mol.